The van der Waals surface area contributed by atoms with Gasteiger partial charge in [-0.2, -0.15) is 0 Å². The maximum absolute atomic E-state index is 5.84. The van der Waals surface area contributed by atoms with E-state index >= 15 is 0 Å². The maximum Gasteiger partial charge on any atom is 0.140 e. The molecule has 0 amide bonds. The summed E-state index contributed by atoms with van der Waals surface area (Å²) >= 11 is 2.73. The van der Waals surface area contributed by atoms with Gasteiger partial charge in [-0.05, 0) is 44.4 Å². The minimum Gasteiger partial charge on any atom is -1.00 e. The number of quaternary nitrogens is 1. The van der Waals surface area contributed by atoms with Gasteiger partial charge in [0.2, 0.25) is 0 Å². The highest BCUT2D eigenvalue weighted by atomic mass is 127. The predicted octanol–water partition coefficient (Wildman–Crippen LogP) is 3.15. The molecule has 1 rings (SSSR count). The zero-order valence-corrected chi connectivity index (χ0v) is 19.6. The molecule has 1 nitrogen and oxygen atoms in total. The lowest BCUT2D eigenvalue weighted by Crippen LogP contribution is -3.00. The van der Waals surface area contributed by atoms with E-state index in [1.165, 1.54) is 63.7 Å². The highest BCUT2D eigenvalue weighted by Gasteiger charge is 2.43. The fraction of sp³-hybridized carbons (Fsp3) is 0.727. The molecule has 0 spiro atoms. The second-order valence-corrected chi connectivity index (χ2v) is 9.53. The lowest BCUT2D eigenvalue weighted by atomic mass is 9.82. The summed E-state index contributed by atoms with van der Waals surface area (Å²) in [7, 11) is 0. The van der Waals surface area contributed by atoms with Gasteiger partial charge in [-0.25, -0.2) is 0 Å². The Bertz CT molecular complexity index is 467. The average Bonchev–Trinajstić information content (AvgIpc) is 2.54. The molecule has 0 bridgehead atoms. The van der Waals surface area contributed by atoms with E-state index < -0.39 is 0 Å². The van der Waals surface area contributed by atoms with E-state index in [0.29, 0.717) is 5.92 Å². The van der Waals surface area contributed by atoms with Crippen molar-refractivity contribution >= 4 is 22.6 Å². The van der Waals surface area contributed by atoms with Crippen molar-refractivity contribution in [2.45, 2.75) is 69.6 Å². The second kappa shape index (κ2) is 12.4. The summed E-state index contributed by atoms with van der Waals surface area (Å²) < 4.78 is 1.30. The first-order valence-electron chi connectivity index (χ1n) is 9.77. The first-order chi connectivity index (χ1) is 11.4. The molecule has 1 aliphatic carbocycles. The van der Waals surface area contributed by atoms with Gasteiger partial charge in [0.05, 0.1) is 23.1 Å². The van der Waals surface area contributed by atoms with Gasteiger partial charge in [0.1, 0.15) is 6.54 Å². The third kappa shape index (κ3) is 7.27. The van der Waals surface area contributed by atoms with E-state index in [9.17, 15) is 0 Å². The Labute approximate surface area is 176 Å². The fourth-order valence-corrected chi connectivity index (χ4v) is 4.96. The van der Waals surface area contributed by atoms with Gasteiger partial charge in [0, 0.05) is 0 Å². The fourth-order valence-electron chi connectivity index (χ4n) is 3.85. The number of terminal acetylenes is 1. The van der Waals surface area contributed by atoms with Crippen LogP contribution in [0.25, 0.3) is 0 Å². The van der Waals surface area contributed by atoms with Crippen LogP contribution >= 0.6 is 22.6 Å². The smallest absolute Gasteiger partial charge is 0.140 e. The summed E-state index contributed by atoms with van der Waals surface area (Å²) in [5.74, 6) is 3.60. The first-order valence-corrected chi connectivity index (χ1v) is 10.8. The number of rotatable bonds is 11. The number of alkyl halides is 1. The largest absolute Gasteiger partial charge is 1.00 e. The van der Waals surface area contributed by atoms with Gasteiger partial charge in [-0.3, -0.25) is 0 Å². The Morgan fingerprint density at radius 1 is 1.16 bits per heavy atom. The molecule has 0 radical (unpaired) electrons. The molecule has 1 aliphatic rings. The van der Waals surface area contributed by atoms with E-state index in [0.717, 1.165) is 11.0 Å². The van der Waals surface area contributed by atoms with E-state index in [1.807, 2.05) is 0 Å². The molecule has 0 fully saturated rings. The summed E-state index contributed by atoms with van der Waals surface area (Å²) in [5, 5.41) is 0. The molecule has 2 unspecified atom stereocenters. The molecule has 0 aromatic carbocycles. The number of allylic oxidation sites excluding steroid dienone is 3. The van der Waals surface area contributed by atoms with Crippen LogP contribution in [0.1, 0.15) is 66.2 Å². The van der Waals surface area contributed by atoms with Crippen molar-refractivity contribution in [1.82, 2.24) is 0 Å². The summed E-state index contributed by atoms with van der Waals surface area (Å²) in [4.78, 5) is 0. The Kier molecular flexibility index (Phi) is 12.4. The molecule has 25 heavy (non-hydrogen) atoms. The number of halogens is 2. The summed E-state index contributed by atoms with van der Waals surface area (Å²) in [6.07, 6.45) is 20.5. The van der Waals surface area contributed by atoms with Gasteiger partial charge in [-0.1, -0.05) is 80.0 Å². The molecule has 2 atom stereocenters. The minimum absolute atomic E-state index is 0. The van der Waals surface area contributed by atoms with E-state index in [2.05, 4.69) is 74.4 Å². The number of unbranched alkanes of at least 4 members (excludes halogenated alkanes) is 4. The Hall–Kier alpha value is 0.0200. The molecule has 0 aromatic rings. The van der Waals surface area contributed by atoms with Crippen LogP contribution in [-0.4, -0.2) is 34.1 Å². The van der Waals surface area contributed by atoms with Crippen LogP contribution in [0.3, 0.4) is 0 Å². The summed E-state index contributed by atoms with van der Waals surface area (Å²) in [5.41, 5.74) is 1.50. The minimum atomic E-state index is 0. The van der Waals surface area contributed by atoms with E-state index in [4.69, 9.17) is 6.42 Å². The highest BCUT2D eigenvalue weighted by Crippen LogP contribution is 2.41. The van der Waals surface area contributed by atoms with Crippen molar-refractivity contribution in [2.24, 2.45) is 5.92 Å². The molecular weight excluding hydrogens is 441 g/mol. The molecule has 0 aromatic heterocycles. The predicted molar refractivity (Wildman–Crippen MR) is 116 cm³/mol. The molecule has 0 aliphatic heterocycles. The number of nitrogens with zero attached hydrogens (tertiary/aromatic N) is 1. The Morgan fingerprint density at radius 3 is 2.16 bits per heavy atom. The molecule has 0 saturated heterocycles. The average molecular weight is 478 g/mol. The Morgan fingerprint density at radius 2 is 1.72 bits per heavy atom. The van der Waals surface area contributed by atoms with Crippen LogP contribution in [0, 0.1) is 18.3 Å². The molecular formula is C22H37ClIN. The van der Waals surface area contributed by atoms with Crippen molar-refractivity contribution in [2.75, 3.05) is 26.2 Å². The van der Waals surface area contributed by atoms with Gasteiger partial charge in [0.25, 0.3) is 0 Å². The molecule has 0 N–H and O–H groups in total. The first kappa shape index (κ1) is 25.0. The second-order valence-electron chi connectivity index (χ2n) is 7.61. The summed E-state index contributed by atoms with van der Waals surface area (Å²) in [6, 6.07) is 0. The number of hydrogen-bond donors (Lipinski definition) is 0. The van der Waals surface area contributed by atoms with Gasteiger partial charge < -0.3 is 16.9 Å². The van der Waals surface area contributed by atoms with Crippen LogP contribution in [0.2, 0.25) is 0 Å². The number of hydrogen-bond acceptors (Lipinski definition) is 0. The van der Waals surface area contributed by atoms with Crippen LogP contribution in [0.5, 0.6) is 0 Å². The SMILES string of the molecule is C#CC[N+](CCCCC)(CCCCC)CC1(I)C(C)=CC=CC1C.[Cl-]. The van der Waals surface area contributed by atoms with Gasteiger partial charge in [-0.15, -0.1) is 6.42 Å². The lowest BCUT2D eigenvalue weighted by molar-refractivity contribution is -0.923. The molecule has 144 valence electrons. The van der Waals surface area contributed by atoms with Gasteiger partial charge >= 0.3 is 0 Å². The van der Waals surface area contributed by atoms with E-state index in [-0.39, 0.29) is 15.8 Å². The third-order valence-corrected chi connectivity index (χ3v) is 7.76. The zero-order valence-electron chi connectivity index (χ0n) is 16.7. The van der Waals surface area contributed by atoms with Gasteiger partial charge in [0.15, 0.2) is 0 Å². The van der Waals surface area contributed by atoms with Crippen LogP contribution in [0.15, 0.2) is 23.8 Å². The van der Waals surface area contributed by atoms with Crippen molar-refractivity contribution in [3.05, 3.63) is 23.8 Å². The van der Waals surface area contributed by atoms with Crippen molar-refractivity contribution in [3.8, 4) is 12.3 Å². The highest BCUT2D eigenvalue weighted by molar-refractivity contribution is 14.1. The molecule has 0 saturated carbocycles. The van der Waals surface area contributed by atoms with Crippen LogP contribution < -0.4 is 12.4 Å². The van der Waals surface area contributed by atoms with Crippen LogP contribution in [-0.2, 0) is 0 Å². The van der Waals surface area contributed by atoms with Crippen molar-refractivity contribution < 1.29 is 16.9 Å². The topological polar surface area (TPSA) is 0 Å². The van der Waals surface area contributed by atoms with E-state index in [1.54, 1.807) is 0 Å². The monoisotopic (exact) mass is 477 g/mol. The van der Waals surface area contributed by atoms with Crippen molar-refractivity contribution in [3.63, 3.8) is 0 Å². The summed E-state index contributed by atoms with van der Waals surface area (Å²) in [6.45, 7) is 13.7. The Balaban J connectivity index is 0.00000576. The molecule has 0 heterocycles. The van der Waals surface area contributed by atoms with Crippen LogP contribution in [0.4, 0.5) is 0 Å². The third-order valence-electron chi connectivity index (χ3n) is 5.59. The maximum atomic E-state index is 5.84. The normalized spacial score (nSPS) is 22.9. The van der Waals surface area contributed by atoms with Crippen molar-refractivity contribution in [1.29, 1.82) is 0 Å². The standard InChI is InChI=1S/C22H37IN.ClH/c1-6-9-11-17-24(16-8-3,18-12-10-7-2)19-22(23)20(4)14-13-15-21(22)5;/h3,13-15,20H,6-7,9-12,16-19H2,1-2,4-5H3;1H/q+1;/p-1. The molecule has 3 heteroatoms. The quantitative estimate of drug-likeness (QED) is 0.141. The zero-order chi connectivity index (χ0) is 18.1. The lowest BCUT2D eigenvalue weighted by Gasteiger charge is -2.46.